The second-order valence-corrected chi connectivity index (χ2v) is 3.59. The zero-order valence-electron chi connectivity index (χ0n) is 12.2. The molecule has 0 aliphatic heterocycles. The smallest absolute Gasteiger partial charge is 0.145 e. The molecule has 0 bridgehead atoms. The average Bonchev–Trinajstić information content (AvgIpc) is 2.50. The highest BCUT2D eigenvalue weighted by atomic mass is 16.6. The standard InChI is InChI=1S/C10H8.C3H8O2.C2H5N3/c1-2-6-10-8-4-3-7-9(10)5-1;1-4-3-5-2;1-2-4-5-3/h1-8H;3H2,1-2H3;2H2,1H3. The zero-order valence-corrected chi connectivity index (χ0v) is 12.2. The summed E-state index contributed by atoms with van der Waals surface area (Å²) in [6.45, 7) is 2.73. The van der Waals surface area contributed by atoms with E-state index in [2.05, 4.69) is 68.0 Å². The van der Waals surface area contributed by atoms with Gasteiger partial charge in [0.2, 0.25) is 0 Å². The molecule has 0 amide bonds. The van der Waals surface area contributed by atoms with Gasteiger partial charge in [-0.05, 0) is 16.3 Å². The molecule has 0 N–H and O–H groups in total. The molecule has 0 fully saturated rings. The van der Waals surface area contributed by atoms with Crippen LogP contribution in [0.5, 0.6) is 0 Å². The molecule has 0 aliphatic rings. The third kappa shape index (κ3) is 8.94. The van der Waals surface area contributed by atoms with Crippen LogP contribution in [-0.2, 0) is 9.47 Å². The van der Waals surface area contributed by atoms with Gasteiger partial charge < -0.3 is 9.47 Å². The molecule has 0 saturated carbocycles. The van der Waals surface area contributed by atoms with Gasteiger partial charge in [0.05, 0.1) is 0 Å². The van der Waals surface area contributed by atoms with Gasteiger partial charge in [0.25, 0.3) is 0 Å². The Morgan fingerprint density at radius 2 is 1.35 bits per heavy atom. The maximum atomic E-state index is 7.52. The molecule has 0 heterocycles. The van der Waals surface area contributed by atoms with Crippen molar-refractivity contribution in [1.82, 2.24) is 0 Å². The zero-order chi connectivity index (χ0) is 15.1. The Hall–Kier alpha value is -2.07. The Labute approximate surface area is 119 Å². The number of nitrogens with zero attached hydrogens (tertiary/aromatic N) is 3. The van der Waals surface area contributed by atoms with E-state index in [9.17, 15) is 0 Å². The fraction of sp³-hybridized carbons (Fsp3) is 0.333. The SMILES string of the molecule is CCN=[N+]=[N-].COCOC.c1ccc2ccccc2c1. The van der Waals surface area contributed by atoms with Gasteiger partial charge in [-0.3, -0.25) is 0 Å². The molecule has 5 heteroatoms. The highest BCUT2D eigenvalue weighted by molar-refractivity contribution is 5.81. The molecule has 0 unspecified atom stereocenters. The summed E-state index contributed by atoms with van der Waals surface area (Å²) in [6.07, 6.45) is 0. The van der Waals surface area contributed by atoms with E-state index in [-0.39, 0.29) is 0 Å². The van der Waals surface area contributed by atoms with E-state index in [1.807, 2.05) is 0 Å². The van der Waals surface area contributed by atoms with Crippen LogP contribution in [-0.4, -0.2) is 27.6 Å². The van der Waals surface area contributed by atoms with Crippen molar-refractivity contribution in [2.75, 3.05) is 27.6 Å². The summed E-state index contributed by atoms with van der Waals surface area (Å²) in [5.74, 6) is 0. The first-order valence-electron chi connectivity index (χ1n) is 6.22. The van der Waals surface area contributed by atoms with Crippen molar-refractivity contribution in [3.05, 3.63) is 59.0 Å². The van der Waals surface area contributed by atoms with E-state index in [1.165, 1.54) is 10.8 Å². The normalized spacial score (nSPS) is 8.55. The number of methoxy groups -OCH3 is 2. The fourth-order valence-electron chi connectivity index (χ4n) is 1.31. The summed E-state index contributed by atoms with van der Waals surface area (Å²) < 4.78 is 8.94. The Morgan fingerprint density at radius 3 is 1.50 bits per heavy atom. The summed E-state index contributed by atoms with van der Waals surface area (Å²) in [4.78, 5) is 2.48. The van der Waals surface area contributed by atoms with Gasteiger partial charge in [-0.2, -0.15) is 0 Å². The Bertz CT molecular complexity index is 444. The van der Waals surface area contributed by atoms with Gasteiger partial charge in [-0.15, -0.1) is 0 Å². The summed E-state index contributed by atoms with van der Waals surface area (Å²) >= 11 is 0. The number of benzene rings is 2. The number of hydrogen-bond acceptors (Lipinski definition) is 3. The van der Waals surface area contributed by atoms with Gasteiger partial charge in [0, 0.05) is 25.7 Å². The predicted molar refractivity (Wildman–Crippen MR) is 82.5 cm³/mol. The predicted octanol–water partition coefficient (Wildman–Crippen LogP) is 4.39. The van der Waals surface area contributed by atoms with Crippen molar-refractivity contribution in [3.8, 4) is 0 Å². The molecule has 0 saturated heterocycles. The Balaban J connectivity index is 0.000000310. The monoisotopic (exact) mass is 275 g/mol. The minimum absolute atomic E-state index is 0.389. The minimum Gasteiger partial charge on any atom is -0.359 e. The maximum Gasteiger partial charge on any atom is 0.145 e. The lowest BCUT2D eigenvalue weighted by atomic mass is 10.1. The number of rotatable bonds is 3. The molecule has 0 atom stereocenters. The first kappa shape index (κ1) is 17.9. The Kier molecular flexibility index (Phi) is 12.0. The molecule has 2 aromatic carbocycles. The first-order valence-corrected chi connectivity index (χ1v) is 6.22. The maximum absolute atomic E-state index is 7.52. The molecule has 0 aromatic heterocycles. The topological polar surface area (TPSA) is 67.2 Å². The largest absolute Gasteiger partial charge is 0.359 e. The van der Waals surface area contributed by atoms with Crippen LogP contribution >= 0.6 is 0 Å². The molecular formula is C15H21N3O2. The van der Waals surface area contributed by atoms with Crippen LogP contribution in [0.1, 0.15) is 6.92 Å². The van der Waals surface area contributed by atoms with Crippen LogP contribution in [0.3, 0.4) is 0 Å². The van der Waals surface area contributed by atoms with Gasteiger partial charge in [0.1, 0.15) is 6.79 Å². The lowest BCUT2D eigenvalue weighted by molar-refractivity contribution is -0.00271. The van der Waals surface area contributed by atoms with Crippen LogP contribution in [0, 0.1) is 0 Å². The van der Waals surface area contributed by atoms with Crippen molar-refractivity contribution in [2.45, 2.75) is 6.92 Å². The highest BCUT2D eigenvalue weighted by Crippen LogP contribution is 2.11. The second kappa shape index (κ2) is 13.4. The van der Waals surface area contributed by atoms with Gasteiger partial charge in [0.15, 0.2) is 0 Å². The summed E-state index contributed by atoms with van der Waals surface area (Å²) in [5.41, 5.74) is 7.52. The van der Waals surface area contributed by atoms with E-state index < -0.39 is 0 Å². The summed E-state index contributed by atoms with van der Waals surface area (Å²) in [5, 5.41) is 5.77. The third-order valence-electron chi connectivity index (χ3n) is 2.10. The summed E-state index contributed by atoms with van der Waals surface area (Å²) in [6, 6.07) is 16.7. The fourth-order valence-corrected chi connectivity index (χ4v) is 1.31. The molecule has 108 valence electrons. The molecule has 0 radical (unpaired) electrons. The quantitative estimate of drug-likeness (QED) is 0.361. The summed E-state index contributed by atoms with van der Waals surface area (Å²) in [7, 11) is 3.17. The average molecular weight is 275 g/mol. The highest BCUT2D eigenvalue weighted by Gasteiger charge is 1.85. The third-order valence-corrected chi connectivity index (χ3v) is 2.10. The lowest BCUT2D eigenvalue weighted by Gasteiger charge is -1.92. The van der Waals surface area contributed by atoms with Crippen LogP contribution in [0.4, 0.5) is 0 Å². The molecule has 20 heavy (non-hydrogen) atoms. The minimum atomic E-state index is 0.389. The van der Waals surface area contributed by atoms with E-state index in [1.54, 1.807) is 21.1 Å². The van der Waals surface area contributed by atoms with Crippen LogP contribution in [0.2, 0.25) is 0 Å². The van der Waals surface area contributed by atoms with Crippen molar-refractivity contribution in [2.24, 2.45) is 5.11 Å². The molecule has 2 rings (SSSR count). The lowest BCUT2D eigenvalue weighted by Crippen LogP contribution is -1.87. The van der Waals surface area contributed by atoms with E-state index in [4.69, 9.17) is 5.53 Å². The number of ether oxygens (including phenoxy) is 2. The Morgan fingerprint density at radius 1 is 0.950 bits per heavy atom. The van der Waals surface area contributed by atoms with Crippen molar-refractivity contribution in [3.63, 3.8) is 0 Å². The molecule has 2 aromatic rings. The molecule has 0 spiro atoms. The molecule has 0 aliphatic carbocycles. The number of azide groups is 1. The molecular weight excluding hydrogens is 254 g/mol. The van der Waals surface area contributed by atoms with Crippen molar-refractivity contribution >= 4 is 10.8 Å². The van der Waals surface area contributed by atoms with Gasteiger partial charge in [-0.25, -0.2) is 0 Å². The number of fused-ring (bicyclic) bond motifs is 1. The van der Waals surface area contributed by atoms with E-state index in [0.29, 0.717) is 13.3 Å². The van der Waals surface area contributed by atoms with Crippen LogP contribution in [0.15, 0.2) is 53.6 Å². The van der Waals surface area contributed by atoms with Crippen molar-refractivity contribution < 1.29 is 9.47 Å². The van der Waals surface area contributed by atoms with Gasteiger partial charge in [-0.1, -0.05) is 60.6 Å². The van der Waals surface area contributed by atoms with Crippen LogP contribution < -0.4 is 0 Å². The van der Waals surface area contributed by atoms with Crippen molar-refractivity contribution in [1.29, 1.82) is 0 Å². The van der Waals surface area contributed by atoms with Crippen LogP contribution in [0.25, 0.3) is 21.2 Å². The number of hydrogen-bond donors (Lipinski definition) is 0. The van der Waals surface area contributed by atoms with E-state index >= 15 is 0 Å². The van der Waals surface area contributed by atoms with Gasteiger partial charge >= 0.3 is 0 Å². The van der Waals surface area contributed by atoms with E-state index in [0.717, 1.165) is 0 Å². The molecule has 5 nitrogen and oxygen atoms in total. The first-order chi connectivity index (χ1) is 9.79. The second-order valence-electron chi connectivity index (χ2n) is 3.59.